The number of nitrogens with one attached hydrogen (secondary N) is 1. The zero-order chi connectivity index (χ0) is 15.1. The minimum absolute atomic E-state index is 0.125. The third kappa shape index (κ3) is 4.61. The molecule has 0 aliphatic carbocycles. The Hall–Kier alpha value is -1.79. The van der Waals surface area contributed by atoms with E-state index in [0.29, 0.717) is 16.3 Å². The van der Waals surface area contributed by atoms with Crippen molar-refractivity contribution in [1.29, 1.82) is 0 Å². The summed E-state index contributed by atoms with van der Waals surface area (Å²) in [4.78, 5) is 23.8. The highest BCUT2D eigenvalue weighted by Crippen LogP contribution is 2.23. The van der Waals surface area contributed by atoms with E-state index in [9.17, 15) is 9.59 Å². The van der Waals surface area contributed by atoms with Gasteiger partial charge < -0.3 is 10.1 Å². The predicted molar refractivity (Wildman–Crippen MR) is 86.9 cm³/mol. The van der Waals surface area contributed by atoms with Crippen LogP contribution in [0.3, 0.4) is 0 Å². The molecule has 1 heterocycles. The van der Waals surface area contributed by atoms with Crippen molar-refractivity contribution in [2.75, 3.05) is 18.2 Å². The molecule has 0 radical (unpaired) electrons. The van der Waals surface area contributed by atoms with Crippen molar-refractivity contribution in [3.8, 4) is 0 Å². The number of thioether (sulfide) groups is 1. The highest BCUT2D eigenvalue weighted by molar-refractivity contribution is 7.99. The minimum Gasteiger partial charge on any atom is -0.465 e. The average Bonchev–Trinajstić information content (AvgIpc) is 2.95. The lowest BCUT2D eigenvalue weighted by atomic mass is 10.2. The van der Waals surface area contributed by atoms with E-state index in [2.05, 4.69) is 10.1 Å². The zero-order valence-corrected chi connectivity index (χ0v) is 13.1. The van der Waals surface area contributed by atoms with Crippen molar-refractivity contribution in [2.24, 2.45) is 0 Å². The van der Waals surface area contributed by atoms with Gasteiger partial charge in [0.2, 0.25) is 5.91 Å². The maximum atomic E-state index is 11.9. The Labute approximate surface area is 131 Å². The van der Waals surface area contributed by atoms with Crippen molar-refractivity contribution < 1.29 is 14.3 Å². The second kappa shape index (κ2) is 7.85. The summed E-state index contributed by atoms with van der Waals surface area (Å²) < 4.78 is 4.67. The van der Waals surface area contributed by atoms with Gasteiger partial charge in [-0.25, -0.2) is 4.79 Å². The SMILES string of the molecule is COC(=O)c1sccc1NC(=O)CSCc1ccccc1. The van der Waals surface area contributed by atoms with Crippen LogP contribution in [-0.4, -0.2) is 24.7 Å². The Bertz CT molecular complexity index is 610. The lowest BCUT2D eigenvalue weighted by Gasteiger charge is -2.05. The predicted octanol–water partition coefficient (Wildman–Crippen LogP) is 3.41. The maximum absolute atomic E-state index is 11.9. The van der Waals surface area contributed by atoms with E-state index in [1.165, 1.54) is 35.8 Å². The van der Waals surface area contributed by atoms with Gasteiger partial charge in [-0.1, -0.05) is 30.3 Å². The number of hydrogen-bond donors (Lipinski definition) is 1. The van der Waals surface area contributed by atoms with Gasteiger partial charge in [0.1, 0.15) is 4.88 Å². The summed E-state index contributed by atoms with van der Waals surface area (Å²) in [6.07, 6.45) is 0. The third-order valence-electron chi connectivity index (χ3n) is 2.65. The molecular weight excluding hydrogens is 306 g/mol. The van der Waals surface area contributed by atoms with Gasteiger partial charge in [0.15, 0.2) is 0 Å². The molecule has 1 N–H and O–H groups in total. The van der Waals surface area contributed by atoms with Crippen LogP contribution in [0.1, 0.15) is 15.2 Å². The average molecular weight is 321 g/mol. The molecule has 1 aromatic carbocycles. The summed E-state index contributed by atoms with van der Waals surface area (Å²) >= 11 is 2.78. The van der Waals surface area contributed by atoms with Gasteiger partial charge in [0.25, 0.3) is 0 Å². The normalized spacial score (nSPS) is 10.1. The number of hydrogen-bond acceptors (Lipinski definition) is 5. The molecule has 6 heteroatoms. The molecule has 0 aliphatic rings. The number of rotatable bonds is 6. The summed E-state index contributed by atoms with van der Waals surface area (Å²) in [5.41, 5.74) is 1.69. The van der Waals surface area contributed by atoms with Crippen molar-refractivity contribution in [3.63, 3.8) is 0 Å². The smallest absolute Gasteiger partial charge is 0.350 e. The number of amides is 1. The lowest BCUT2D eigenvalue weighted by Crippen LogP contribution is -2.15. The first-order valence-corrected chi connectivity index (χ1v) is 8.31. The third-order valence-corrected chi connectivity index (χ3v) is 4.55. The number of carbonyl (C=O) groups is 2. The number of esters is 1. The Morgan fingerprint density at radius 1 is 1.24 bits per heavy atom. The van der Waals surface area contributed by atoms with Crippen LogP contribution in [0, 0.1) is 0 Å². The monoisotopic (exact) mass is 321 g/mol. The van der Waals surface area contributed by atoms with Crippen LogP contribution < -0.4 is 5.32 Å². The molecule has 0 atom stereocenters. The van der Waals surface area contributed by atoms with Crippen LogP contribution >= 0.6 is 23.1 Å². The number of carbonyl (C=O) groups excluding carboxylic acids is 2. The molecule has 0 aliphatic heterocycles. The van der Waals surface area contributed by atoms with Gasteiger partial charge in [0, 0.05) is 5.75 Å². The second-order valence-electron chi connectivity index (χ2n) is 4.18. The summed E-state index contributed by atoms with van der Waals surface area (Å²) in [6, 6.07) is 11.7. The molecule has 0 saturated heterocycles. The molecule has 1 aromatic heterocycles. The molecule has 1 amide bonds. The molecule has 2 aromatic rings. The maximum Gasteiger partial charge on any atom is 0.350 e. The lowest BCUT2D eigenvalue weighted by molar-refractivity contribution is -0.113. The Morgan fingerprint density at radius 3 is 2.71 bits per heavy atom. The van der Waals surface area contributed by atoms with Gasteiger partial charge in [-0.15, -0.1) is 23.1 Å². The summed E-state index contributed by atoms with van der Waals surface area (Å²) in [5.74, 6) is 0.560. The van der Waals surface area contributed by atoms with E-state index < -0.39 is 5.97 Å². The van der Waals surface area contributed by atoms with E-state index in [4.69, 9.17) is 0 Å². The molecule has 2 rings (SSSR count). The quantitative estimate of drug-likeness (QED) is 0.829. The fourth-order valence-electron chi connectivity index (χ4n) is 1.68. The van der Waals surface area contributed by atoms with Gasteiger partial charge in [-0.05, 0) is 17.0 Å². The molecule has 4 nitrogen and oxygen atoms in total. The Balaban J connectivity index is 1.82. The number of benzene rings is 1. The van der Waals surface area contributed by atoms with Gasteiger partial charge in [-0.2, -0.15) is 0 Å². The van der Waals surface area contributed by atoms with Crippen LogP contribution in [0.15, 0.2) is 41.8 Å². The molecular formula is C15H15NO3S2. The summed E-state index contributed by atoms with van der Waals surface area (Å²) in [5, 5.41) is 4.49. The summed E-state index contributed by atoms with van der Waals surface area (Å²) in [6.45, 7) is 0. The molecule has 0 unspecified atom stereocenters. The van der Waals surface area contributed by atoms with E-state index in [-0.39, 0.29) is 5.91 Å². The van der Waals surface area contributed by atoms with E-state index >= 15 is 0 Å². The topological polar surface area (TPSA) is 55.4 Å². The first kappa shape index (κ1) is 15.6. The number of ether oxygens (including phenoxy) is 1. The highest BCUT2D eigenvalue weighted by atomic mass is 32.2. The van der Waals surface area contributed by atoms with Crippen LogP contribution in [0.25, 0.3) is 0 Å². The molecule has 0 saturated carbocycles. The molecule has 0 fully saturated rings. The van der Waals surface area contributed by atoms with Crippen molar-refractivity contribution in [1.82, 2.24) is 0 Å². The molecule has 0 bridgehead atoms. The van der Waals surface area contributed by atoms with Gasteiger partial charge in [-0.3, -0.25) is 4.79 Å². The largest absolute Gasteiger partial charge is 0.465 e. The fourth-order valence-corrected chi connectivity index (χ4v) is 3.23. The van der Waals surface area contributed by atoms with Crippen molar-refractivity contribution in [3.05, 3.63) is 52.2 Å². The molecule has 0 spiro atoms. The first-order chi connectivity index (χ1) is 10.2. The number of methoxy groups -OCH3 is 1. The van der Waals surface area contributed by atoms with Gasteiger partial charge >= 0.3 is 5.97 Å². The van der Waals surface area contributed by atoms with Crippen LogP contribution in [0.5, 0.6) is 0 Å². The zero-order valence-electron chi connectivity index (χ0n) is 11.5. The van der Waals surface area contributed by atoms with Crippen molar-refractivity contribution in [2.45, 2.75) is 5.75 Å². The number of thiophene rings is 1. The Morgan fingerprint density at radius 2 is 2.00 bits per heavy atom. The minimum atomic E-state index is -0.433. The van der Waals surface area contributed by atoms with Gasteiger partial charge in [0.05, 0.1) is 18.6 Å². The first-order valence-electron chi connectivity index (χ1n) is 6.28. The van der Waals surface area contributed by atoms with Crippen LogP contribution in [0.4, 0.5) is 5.69 Å². The van der Waals surface area contributed by atoms with E-state index in [1.54, 1.807) is 11.4 Å². The Kier molecular flexibility index (Phi) is 5.83. The molecule has 21 heavy (non-hydrogen) atoms. The van der Waals surface area contributed by atoms with Crippen molar-refractivity contribution >= 4 is 40.7 Å². The second-order valence-corrected chi connectivity index (χ2v) is 6.08. The highest BCUT2D eigenvalue weighted by Gasteiger charge is 2.15. The molecule has 110 valence electrons. The fraction of sp³-hybridized carbons (Fsp3) is 0.200. The standard InChI is InChI=1S/C15H15NO3S2/c1-19-15(18)14-12(7-8-21-14)16-13(17)10-20-9-11-5-3-2-4-6-11/h2-8H,9-10H2,1H3,(H,16,17). The van der Waals surface area contributed by atoms with Crippen LogP contribution in [0.2, 0.25) is 0 Å². The summed E-state index contributed by atoms with van der Waals surface area (Å²) in [7, 11) is 1.32. The number of anilines is 1. The van der Waals surface area contributed by atoms with Crippen LogP contribution in [-0.2, 0) is 15.3 Å². The van der Waals surface area contributed by atoms with E-state index in [1.807, 2.05) is 30.3 Å². The van der Waals surface area contributed by atoms with E-state index in [0.717, 1.165) is 5.75 Å².